The molecule has 0 aliphatic heterocycles. The van der Waals surface area contributed by atoms with Crippen LogP contribution in [0.25, 0.3) is 0 Å². The molecule has 0 heterocycles. The van der Waals surface area contributed by atoms with E-state index in [1.54, 1.807) is 0 Å². The SMILES string of the molecule is C=CCCOc1ccc(Br)c(CNCC)c1. The lowest BCUT2D eigenvalue weighted by molar-refractivity contribution is 0.324. The molecule has 1 aromatic carbocycles. The van der Waals surface area contributed by atoms with Crippen LogP contribution in [0.4, 0.5) is 0 Å². The Bertz CT molecular complexity index is 339. The Labute approximate surface area is 106 Å². The molecular formula is C13H18BrNO. The van der Waals surface area contributed by atoms with Crippen LogP contribution in [0.5, 0.6) is 5.75 Å². The quantitative estimate of drug-likeness (QED) is 0.611. The highest BCUT2D eigenvalue weighted by Gasteiger charge is 2.01. The average molecular weight is 284 g/mol. The van der Waals surface area contributed by atoms with Gasteiger partial charge in [-0.2, -0.15) is 0 Å². The van der Waals surface area contributed by atoms with Crippen molar-refractivity contribution in [2.45, 2.75) is 19.9 Å². The molecule has 0 amide bonds. The van der Waals surface area contributed by atoms with Crippen molar-refractivity contribution in [2.24, 2.45) is 0 Å². The van der Waals surface area contributed by atoms with Crippen molar-refractivity contribution < 1.29 is 4.74 Å². The van der Waals surface area contributed by atoms with Crippen molar-refractivity contribution in [1.82, 2.24) is 5.32 Å². The summed E-state index contributed by atoms with van der Waals surface area (Å²) in [7, 11) is 0. The van der Waals surface area contributed by atoms with Gasteiger partial charge in [-0.25, -0.2) is 0 Å². The van der Waals surface area contributed by atoms with E-state index in [4.69, 9.17) is 4.74 Å². The molecule has 0 fully saturated rings. The van der Waals surface area contributed by atoms with Crippen LogP contribution < -0.4 is 10.1 Å². The third kappa shape index (κ3) is 4.37. The predicted octanol–water partition coefficient (Wildman–Crippen LogP) is 3.51. The van der Waals surface area contributed by atoms with Crippen LogP contribution in [0.15, 0.2) is 35.3 Å². The molecule has 0 aliphatic carbocycles. The van der Waals surface area contributed by atoms with Crippen LogP contribution in [0, 0.1) is 0 Å². The van der Waals surface area contributed by atoms with Gasteiger partial charge in [0.2, 0.25) is 0 Å². The van der Waals surface area contributed by atoms with E-state index in [1.165, 1.54) is 5.56 Å². The summed E-state index contributed by atoms with van der Waals surface area (Å²) in [5.41, 5.74) is 1.22. The van der Waals surface area contributed by atoms with E-state index in [0.717, 1.165) is 29.7 Å². The van der Waals surface area contributed by atoms with Crippen molar-refractivity contribution in [2.75, 3.05) is 13.2 Å². The molecule has 0 aliphatic rings. The molecule has 16 heavy (non-hydrogen) atoms. The Morgan fingerprint density at radius 2 is 2.31 bits per heavy atom. The van der Waals surface area contributed by atoms with Gasteiger partial charge < -0.3 is 10.1 Å². The summed E-state index contributed by atoms with van der Waals surface area (Å²) in [5.74, 6) is 0.915. The minimum atomic E-state index is 0.686. The van der Waals surface area contributed by atoms with Crippen molar-refractivity contribution in [1.29, 1.82) is 0 Å². The van der Waals surface area contributed by atoms with Crippen molar-refractivity contribution in [3.63, 3.8) is 0 Å². The Morgan fingerprint density at radius 3 is 3.00 bits per heavy atom. The van der Waals surface area contributed by atoms with E-state index in [2.05, 4.69) is 40.8 Å². The molecule has 0 atom stereocenters. The summed E-state index contributed by atoms with van der Waals surface area (Å²) in [5, 5.41) is 3.30. The summed E-state index contributed by atoms with van der Waals surface area (Å²) < 4.78 is 6.72. The van der Waals surface area contributed by atoms with Gasteiger partial charge >= 0.3 is 0 Å². The average Bonchev–Trinajstić information content (AvgIpc) is 2.30. The van der Waals surface area contributed by atoms with Crippen LogP contribution in [0.2, 0.25) is 0 Å². The van der Waals surface area contributed by atoms with Crippen molar-refractivity contribution in [3.8, 4) is 5.75 Å². The fraction of sp³-hybridized carbons (Fsp3) is 0.385. The number of benzene rings is 1. The lowest BCUT2D eigenvalue weighted by Gasteiger charge is -2.09. The zero-order valence-electron chi connectivity index (χ0n) is 9.63. The first-order valence-corrected chi connectivity index (χ1v) is 6.30. The number of hydrogen-bond donors (Lipinski definition) is 1. The summed E-state index contributed by atoms with van der Waals surface area (Å²) in [6, 6.07) is 6.06. The van der Waals surface area contributed by atoms with Gasteiger partial charge in [-0.15, -0.1) is 6.58 Å². The maximum atomic E-state index is 5.60. The zero-order chi connectivity index (χ0) is 11.8. The van der Waals surface area contributed by atoms with E-state index in [9.17, 15) is 0 Å². The number of halogens is 1. The highest BCUT2D eigenvalue weighted by molar-refractivity contribution is 9.10. The standard InChI is InChI=1S/C13H18BrNO/c1-3-5-8-16-12-6-7-13(14)11(9-12)10-15-4-2/h3,6-7,9,15H,1,4-5,8,10H2,2H3. The Morgan fingerprint density at radius 1 is 1.50 bits per heavy atom. The molecule has 0 radical (unpaired) electrons. The van der Waals surface area contributed by atoms with Gasteiger partial charge in [-0.1, -0.05) is 28.9 Å². The fourth-order valence-electron chi connectivity index (χ4n) is 1.30. The van der Waals surface area contributed by atoms with Crippen molar-refractivity contribution >= 4 is 15.9 Å². The molecule has 1 N–H and O–H groups in total. The topological polar surface area (TPSA) is 21.3 Å². The normalized spacial score (nSPS) is 10.1. The summed E-state index contributed by atoms with van der Waals surface area (Å²) in [6.45, 7) is 8.27. The maximum Gasteiger partial charge on any atom is 0.119 e. The van der Waals surface area contributed by atoms with Crippen LogP contribution in [-0.4, -0.2) is 13.2 Å². The number of nitrogens with one attached hydrogen (secondary N) is 1. The number of rotatable bonds is 7. The van der Waals surface area contributed by atoms with Gasteiger partial charge in [-0.05, 0) is 36.7 Å². The first-order valence-electron chi connectivity index (χ1n) is 5.50. The molecule has 0 spiro atoms. The third-order valence-electron chi connectivity index (χ3n) is 2.17. The molecule has 0 saturated heterocycles. The van der Waals surface area contributed by atoms with E-state index in [1.807, 2.05) is 18.2 Å². The summed E-state index contributed by atoms with van der Waals surface area (Å²) in [4.78, 5) is 0. The number of ether oxygens (including phenoxy) is 1. The van der Waals surface area contributed by atoms with Crippen LogP contribution >= 0.6 is 15.9 Å². The summed E-state index contributed by atoms with van der Waals surface area (Å²) >= 11 is 3.53. The zero-order valence-corrected chi connectivity index (χ0v) is 11.2. The third-order valence-corrected chi connectivity index (χ3v) is 2.95. The molecule has 0 aromatic heterocycles. The van der Waals surface area contributed by atoms with E-state index in [-0.39, 0.29) is 0 Å². The Kier molecular flexibility index (Phi) is 6.19. The van der Waals surface area contributed by atoms with Gasteiger partial charge in [0, 0.05) is 11.0 Å². The second-order valence-corrected chi connectivity index (χ2v) is 4.31. The lowest BCUT2D eigenvalue weighted by Crippen LogP contribution is -2.12. The smallest absolute Gasteiger partial charge is 0.119 e. The summed E-state index contributed by atoms with van der Waals surface area (Å²) in [6.07, 6.45) is 2.73. The lowest BCUT2D eigenvalue weighted by atomic mass is 10.2. The van der Waals surface area contributed by atoms with Gasteiger partial charge in [0.1, 0.15) is 5.75 Å². The highest BCUT2D eigenvalue weighted by Crippen LogP contribution is 2.22. The molecule has 88 valence electrons. The first-order chi connectivity index (χ1) is 7.77. The molecule has 0 saturated carbocycles. The second kappa shape index (κ2) is 7.47. The molecule has 3 heteroatoms. The van der Waals surface area contributed by atoms with Crippen LogP contribution in [0.3, 0.4) is 0 Å². The fourth-order valence-corrected chi connectivity index (χ4v) is 1.68. The Balaban J connectivity index is 2.61. The molecule has 1 rings (SSSR count). The van der Waals surface area contributed by atoms with Gasteiger partial charge in [0.15, 0.2) is 0 Å². The minimum Gasteiger partial charge on any atom is -0.493 e. The largest absolute Gasteiger partial charge is 0.493 e. The van der Waals surface area contributed by atoms with E-state index >= 15 is 0 Å². The van der Waals surface area contributed by atoms with Crippen LogP contribution in [-0.2, 0) is 6.54 Å². The molecule has 1 aromatic rings. The van der Waals surface area contributed by atoms with E-state index < -0.39 is 0 Å². The molecule has 0 bridgehead atoms. The van der Waals surface area contributed by atoms with E-state index in [0.29, 0.717) is 6.61 Å². The highest BCUT2D eigenvalue weighted by atomic mass is 79.9. The van der Waals surface area contributed by atoms with Gasteiger partial charge in [0.05, 0.1) is 6.61 Å². The monoisotopic (exact) mass is 283 g/mol. The van der Waals surface area contributed by atoms with Crippen molar-refractivity contribution in [3.05, 3.63) is 40.9 Å². The number of hydrogen-bond acceptors (Lipinski definition) is 2. The second-order valence-electron chi connectivity index (χ2n) is 3.46. The Hall–Kier alpha value is -0.800. The molecule has 2 nitrogen and oxygen atoms in total. The van der Waals surface area contributed by atoms with Crippen LogP contribution in [0.1, 0.15) is 18.9 Å². The van der Waals surface area contributed by atoms with Gasteiger partial charge in [-0.3, -0.25) is 0 Å². The van der Waals surface area contributed by atoms with Gasteiger partial charge in [0.25, 0.3) is 0 Å². The predicted molar refractivity (Wildman–Crippen MR) is 71.8 cm³/mol. The minimum absolute atomic E-state index is 0.686. The maximum absolute atomic E-state index is 5.60. The molecule has 0 unspecified atom stereocenters. The first kappa shape index (κ1) is 13.3. The molecular weight excluding hydrogens is 266 g/mol.